The van der Waals surface area contributed by atoms with Crippen molar-refractivity contribution in [2.45, 2.75) is 38.2 Å². The van der Waals surface area contributed by atoms with Gasteiger partial charge < -0.3 is 5.11 Å². The molecule has 1 fully saturated rings. The van der Waals surface area contributed by atoms with Crippen LogP contribution in [0.15, 0.2) is 48.5 Å². The number of aliphatic hydroxyl groups is 1. The zero-order valence-corrected chi connectivity index (χ0v) is 11.6. The van der Waals surface area contributed by atoms with E-state index in [0.29, 0.717) is 0 Å². The quantitative estimate of drug-likeness (QED) is 0.873. The fourth-order valence-electron chi connectivity index (χ4n) is 2.99. The summed E-state index contributed by atoms with van der Waals surface area (Å²) in [5, 5.41) is 10.9. The van der Waals surface area contributed by atoms with Gasteiger partial charge in [-0.2, -0.15) is 0 Å². The first-order chi connectivity index (χ1) is 9.15. The normalized spacial score (nSPS) is 18.1. The highest BCUT2D eigenvalue weighted by Crippen LogP contribution is 2.56. The van der Waals surface area contributed by atoms with Gasteiger partial charge in [0.05, 0.1) is 6.10 Å². The molecule has 0 heterocycles. The molecule has 0 bridgehead atoms. The average molecular weight is 252 g/mol. The highest BCUT2D eigenvalue weighted by molar-refractivity contribution is 5.42. The van der Waals surface area contributed by atoms with Crippen molar-refractivity contribution in [2.24, 2.45) is 0 Å². The minimum Gasteiger partial charge on any atom is -0.387 e. The largest absolute Gasteiger partial charge is 0.387 e. The molecule has 1 unspecified atom stereocenters. The fourth-order valence-corrected chi connectivity index (χ4v) is 2.99. The summed E-state index contributed by atoms with van der Waals surface area (Å²) in [5.41, 5.74) is 4.77. The molecule has 19 heavy (non-hydrogen) atoms. The van der Waals surface area contributed by atoms with Gasteiger partial charge >= 0.3 is 0 Å². The summed E-state index contributed by atoms with van der Waals surface area (Å²) in [6.45, 7) is 4.21. The molecule has 1 aliphatic rings. The highest BCUT2D eigenvalue weighted by atomic mass is 16.3. The first kappa shape index (κ1) is 12.4. The fraction of sp³-hybridized carbons (Fsp3) is 0.333. The van der Waals surface area contributed by atoms with Gasteiger partial charge in [0.25, 0.3) is 0 Å². The van der Waals surface area contributed by atoms with Gasteiger partial charge in [0.1, 0.15) is 0 Å². The van der Waals surface area contributed by atoms with Crippen molar-refractivity contribution in [1.82, 2.24) is 0 Å². The van der Waals surface area contributed by atoms with Gasteiger partial charge in [-0.3, -0.25) is 0 Å². The molecule has 0 saturated heterocycles. The number of benzene rings is 2. The van der Waals surface area contributed by atoms with E-state index in [1.54, 1.807) is 0 Å². The molecule has 98 valence electrons. The number of hydrogen-bond acceptors (Lipinski definition) is 1. The maximum atomic E-state index is 10.9. The summed E-state index contributed by atoms with van der Waals surface area (Å²) in [4.78, 5) is 0. The molecule has 1 nitrogen and oxygen atoms in total. The average Bonchev–Trinajstić information content (AvgIpc) is 3.24. The molecule has 0 aliphatic heterocycles. The van der Waals surface area contributed by atoms with Crippen molar-refractivity contribution in [2.75, 3.05) is 0 Å². The standard InChI is InChI=1S/C18H20O/c1-13-7-6-10-16(14(13)2)17(19)18(11-12-18)15-8-4-3-5-9-15/h3-10,17,19H,11-12H2,1-2H3. The van der Waals surface area contributed by atoms with Crippen LogP contribution in [-0.4, -0.2) is 5.11 Å². The lowest BCUT2D eigenvalue weighted by Gasteiger charge is -2.25. The molecule has 2 aromatic rings. The Labute approximate surface area is 114 Å². The summed E-state index contributed by atoms with van der Waals surface area (Å²) in [6, 6.07) is 16.6. The molecule has 0 spiro atoms. The second-order valence-electron chi connectivity index (χ2n) is 5.71. The third-order valence-corrected chi connectivity index (χ3v) is 4.60. The Kier molecular flexibility index (Phi) is 2.94. The van der Waals surface area contributed by atoms with E-state index in [2.05, 4.69) is 50.2 Å². The zero-order valence-electron chi connectivity index (χ0n) is 11.6. The first-order valence-electron chi connectivity index (χ1n) is 6.95. The van der Waals surface area contributed by atoms with E-state index in [-0.39, 0.29) is 5.41 Å². The summed E-state index contributed by atoms with van der Waals surface area (Å²) >= 11 is 0. The number of aliphatic hydroxyl groups excluding tert-OH is 1. The summed E-state index contributed by atoms with van der Waals surface area (Å²) in [5.74, 6) is 0. The maximum Gasteiger partial charge on any atom is 0.0889 e. The van der Waals surface area contributed by atoms with Crippen molar-refractivity contribution in [3.8, 4) is 0 Å². The van der Waals surface area contributed by atoms with Crippen LogP contribution in [0.1, 0.15) is 41.2 Å². The van der Waals surface area contributed by atoms with Crippen LogP contribution in [0.5, 0.6) is 0 Å². The maximum absolute atomic E-state index is 10.9. The third kappa shape index (κ3) is 1.98. The SMILES string of the molecule is Cc1cccc(C(O)C2(c3ccccc3)CC2)c1C. The predicted molar refractivity (Wildman–Crippen MR) is 78.2 cm³/mol. The minimum atomic E-state index is -0.394. The third-order valence-electron chi connectivity index (χ3n) is 4.60. The molecule has 1 aliphatic carbocycles. The van der Waals surface area contributed by atoms with Gasteiger partial charge in [-0.1, -0.05) is 48.5 Å². The lowest BCUT2D eigenvalue weighted by atomic mass is 9.84. The van der Waals surface area contributed by atoms with Gasteiger partial charge in [0.15, 0.2) is 0 Å². The number of aryl methyl sites for hydroxylation is 1. The van der Waals surface area contributed by atoms with Crippen molar-refractivity contribution in [3.63, 3.8) is 0 Å². The topological polar surface area (TPSA) is 20.2 Å². The van der Waals surface area contributed by atoms with E-state index in [1.807, 2.05) is 12.1 Å². The molecule has 0 aromatic heterocycles. The Morgan fingerprint density at radius 1 is 0.947 bits per heavy atom. The summed E-state index contributed by atoms with van der Waals surface area (Å²) in [7, 11) is 0. The molecule has 1 atom stereocenters. The minimum absolute atomic E-state index is 0.0557. The molecule has 0 radical (unpaired) electrons. The number of hydrogen-bond donors (Lipinski definition) is 1. The Bertz CT molecular complexity index is 582. The van der Waals surface area contributed by atoms with E-state index in [9.17, 15) is 5.11 Å². The van der Waals surface area contributed by atoms with Crippen LogP contribution >= 0.6 is 0 Å². The summed E-state index contributed by atoms with van der Waals surface area (Å²) < 4.78 is 0. The van der Waals surface area contributed by atoms with Gasteiger partial charge in [-0.15, -0.1) is 0 Å². The van der Waals surface area contributed by atoms with Crippen LogP contribution in [-0.2, 0) is 5.41 Å². The molecule has 0 amide bonds. The van der Waals surface area contributed by atoms with Crippen LogP contribution in [0.4, 0.5) is 0 Å². The second-order valence-corrected chi connectivity index (χ2v) is 5.71. The Hall–Kier alpha value is -1.60. The highest BCUT2D eigenvalue weighted by Gasteiger charge is 2.51. The number of rotatable bonds is 3. The zero-order chi connectivity index (χ0) is 13.5. The Morgan fingerprint density at radius 3 is 2.26 bits per heavy atom. The van der Waals surface area contributed by atoms with E-state index < -0.39 is 6.10 Å². The van der Waals surface area contributed by atoms with Crippen LogP contribution in [0.25, 0.3) is 0 Å². The monoisotopic (exact) mass is 252 g/mol. The molecule has 3 rings (SSSR count). The second kappa shape index (κ2) is 4.50. The lowest BCUT2D eigenvalue weighted by Crippen LogP contribution is -2.19. The van der Waals surface area contributed by atoms with E-state index in [0.717, 1.165) is 18.4 Å². The summed E-state index contributed by atoms with van der Waals surface area (Å²) in [6.07, 6.45) is 1.76. The van der Waals surface area contributed by atoms with Gasteiger partial charge in [0, 0.05) is 5.41 Å². The van der Waals surface area contributed by atoms with Gasteiger partial charge in [-0.25, -0.2) is 0 Å². The van der Waals surface area contributed by atoms with Crippen molar-refractivity contribution >= 4 is 0 Å². The molecule has 2 aromatic carbocycles. The van der Waals surface area contributed by atoms with Crippen LogP contribution < -0.4 is 0 Å². The lowest BCUT2D eigenvalue weighted by molar-refractivity contribution is 0.132. The van der Waals surface area contributed by atoms with Gasteiger partial charge in [-0.05, 0) is 48.9 Å². The molecular formula is C18H20O. The Morgan fingerprint density at radius 2 is 1.63 bits per heavy atom. The van der Waals surface area contributed by atoms with Gasteiger partial charge in [0.2, 0.25) is 0 Å². The van der Waals surface area contributed by atoms with E-state index >= 15 is 0 Å². The first-order valence-corrected chi connectivity index (χ1v) is 6.95. The van der Waals surface area contributed by atoms with Crippen molar-refractivity contribution < 1.29 is 5.11 Å². The molecule has 1 heteroatoms. The predicted octanol–water partition coefficient (Wildman–Crippen LogP) is 4.07. The molecular weight excluding hydrogens is 232 g/mol. The van der Waals surface area contributed by atoms with Crippen molar-refractivity contribution in [1.29, 1.82) is 0 Å². The van der Waals surface area contributed by atoms with Crippen LogP contribution in [0.2, 0.25) is 0 Å². The van der Waals surface area contributed by atoms with E-state index in [4.69, 9.17) is 0 Å². The smallest absolute Gasteiger partial charge is 0.0889 e. The van der Waals surface area contributed by atoms with Crippen molar-refractivity contribution in [3.05, 3.63) is 70.8 Å². The Balaban J connectivity index is 2.01. The van der Waals surface area contributed by atoms with Crippen LogP contribution in [0.3, 0.4) is 0 Å². The van der Waals surface area contributed by atoms with E-state index in [1.165, 1.54) is 16.7 Å². The molecule has 1 N–H and O–H groups in total. The van der Waals surface area contributed by atoms with Crippen LogP contribution in [0, 0.1) is 13.8 Å². The molecule has 1 saturated carbocycles.